The molecule has 0 aliphatic carbocycles. The summed E-state index contributed by atoms with van der Waals surface area (Å²) in [4.78, 5) is 17.6. The van der Waals surface area contributed by atoms with Gasteiger partial charge in [-0.25, -0.2) is 0 Å². The van der Waals surface area contributed by atoms with Crippen molar-refractivity contribution < 1.29 is 4.79 Å². The lowest BCUT2D eigenvalue weighted by atomic mass is 10.1. The summed E-state index contributed by atoms with van der Waals surface area (Å²) in [5, 5.41) is 0. The van der Waals surface area contributed by atoms with Crippen molar-refractivity contribution in [2.45, 2.75) is 18.9 Å². The van der Waals surface area contributed by atoms with Crippen LogP contribution in [0.5, 0.6) is 0 Å². The molecule has 1 aromatic heterocycles. The first-order chi connectivity index (χ1) is 9.77. The number of nitrogens with one attached hydrogen (secondary N) is 1. The Morgan fingerprint density at radius 2 is 2.00 bits per heavy atom. The minimum absolute atomic E-state index is 0.0892. The molecular formula is C16H16N2OS. The van der Waals surface area contributed by atoms with Crippen LogP contribution < -0.4 is 0 Å². The Morgan fingerprint density at radius 1 is 1.20 bits per heavy atom. The van der Waals surface area contributed by atoms with Gasteiger partial charge in [-0.2, -0.15) is 0 Å². The summed E-state index contributed by atoms with van der Waals surface area (Å²) in [7, 11) is 0. The molecule has 20 heavy (non-hydrogen) atoms. The van der Waals surface area contributed by atoms with Crippen LogP contribution in [0.4, 0.5) is 0 Å². The zero-order valence-electron chi connectivity index (χ0n) is 11.1. The van der Waals surface area contributed by atoms with Gasteiger partial charge in [0.25, 0.3) is 5.91 Å². The Kier molecular flexibility index (Phi) is 3.65. The average molecular weight is 284 g/mol. The molecule has 1 amide bonds. The van der Waals surface area contributed by atoms with Gasteiger partial charge in [0.2, 0.25) is 0 Å². The predicted octanol–water partition coefficient (Wildman–Crippen LogP) is 3.72. The van der Waals surface area contributed by atoms with E-state index >= 15 is 0 Å². The van der Waals surface area contributed by atoms with E-state index < -0.39 is 0 Å². The lowest BCUT2D eigenvalue weighted by Crippen LogP contribution is -2.30. The number of likely N-dealkylation sites (tertiary alicyclic amines) is 1. The van der Waals surface area contributed by atoms with Crippen molar-refractivity contribution in [1.29, 1.82) is 0 Å². The Labute approximate surface area is 123 Å². The molecule has 0 saturated carbocycles. The molecule has 1 aromatic carbocycles. The lowest BCUT2D eigenvalue weighted by Gasteiger charge is -2.25. The second-order valence-electron chi connectivity index (χ2n) is 4.98. The highest BCUT2D eigenvalue weighted by atomic mass is 32.1. The topological polar surface area (TPSA) is 36.1 Å². The van der Waals surface area contributed by atoms with Gasteiger partial charge in [0, 0.05) is 23.9 Å². The number of hydrogen-bond donors (Lipinski definition) is 1. The molecule has 1 N–H and O–H groups in total. The third-order valence-electron chi connectivity index (χ3n) is 3.74. The van der Waals surface area contributed by atoms with Gasteiger partial charge in [0.15, 0.2) is 0 Å². The first-order valence-electron chi connectivity index (χ1n) is 6.81. The lowest BCUT2D eigenvalue weighted by molar-refractivity contribution is 0.0735. The van der Waals surface area contributed by atoms with Gasteiger partial charge in [-0.3, -0.25) is 4.79 Å². The quantitative estimate of drug-likeness (QED) is 0.853. The van der Waals surface area contributed by atoms with Crippen molar-refractivity contribution in [3.63, 3.8) is 0 Å². The van der Waals surface area contributed by atoms with Crippen LogP contribution in [0.3, 0.4) is 0 Å². The SMILES string of the molecule is O=C(c1ccccc1)N1CCC[C@H]1c1ccc[nH]c1=S. The van der Waals surface area contributed by atoms with Gasteiger partial charge in [0.1, 0.15) is 4.64 Å². The Bertz CT molecular complexity index is 665. The number of benzene rings is 1. The fourth-order valence-corrected chi connectivity index (χ4v) is 3.05. The minimum Gasteiger partial charge on any atom is -0.353 e. The zero-order valence-corrected chi connectivity index (χ0v) is 11.9. The Balaban J connectivity index is 1.92. The third-order valence-corrected chi connectivity index (χ3v) is 4.10. The Hall–Kier alpha value is -1.94. The molecule has 102 valence electrons. The van der Waals surface area contributed by atoms with Crippen LogP contribution in [-0.4, -0.2) is 22.3 Å². The monoisotopic (exact) mass is 284 g/mol. The fourth-order valence-electron chi connectivity index (χ4n) is 2.78. The fraction of sp³-hybridized carbons (Fsp3) is 0.250. The molecule has 1 atom stereocenters. The maximum Gasteiger partial charge on any atom is 0.254 e. The molecule has 2 heterocycles. The number of carbonyl (C=O) groups excluding carboxylic acids is 1. The van der Waals surface area contributed by atoms with Gasteiger partial charge < -0.3 is 9.88 Å². The van der Waals surface area contributed by atoms with Crippen LogP contribution in [0, 0.1) is 4.64 Å². The molecule has 2 aromatic rings. The summed E-state index contributed by atoms with van der Waals surface area (Å²) in [5.74, 6) is 0.0892. The van der Waals surface area contributed by atoms with E-state index in [0.29, 0.717) is 0 Å². The van der Waals surface area contributed by atoms with Gasteiger partial charge in [-0.15, -0.1) is 0 Å². The van der Waals surface area contributed by atoms with E-state index in [2.05, 4.69) is 4.98 Å². The van der Waals surface area contributed by atoms with Crippen molar-refractivity contribution in [1.82, 2.24) is 9.88 Å². The van der Waals surface area contributed by atoms with Gasteiger partial charge in [-0.05, 0) is 31.0 Å². The van der Waals surface area contributed by atoms with Gasteiger partial charge >= 0.3 is 0 Å². The van der Waals surface area contributed by atoms with Gasteiger partial charge in [0.05, 0.1) is 6.04 Å². The number of hydrogen-bond acceptors (Lipinski definition) is 2. The van der Waals surface area contributed by atoms with Crippen LogP contribution in [0.15, 0.2) is 48.7 Å². The van der Waals surface area contributed by atoms with E-state index in [9.17, 15) is 4.79 Å². The van der Waals surface area contributed by atoms with Crippen molar-refractivity contribution >= 4 is 18.1 Å². The summed E-state index contributed by atoms with van der Waals surface area (Å²) in [6.45, 7) is 0.794. The van der Waals surface area contributed by atoms with E-state index in [4.69, 9.17) is 12.2 Å². The number of amides is 1. The molecule has 1 saturated heterocycles. The molecule has 1 fully saturated rings. The molecule has 0 bridgehead atoms. The van der Waals surface area contributed by atoms with Crippen molar-refractivity contribution in [3.05, 3.63) is 64.4 Å². The molecule has 1 aliphatic heterocycles. The highest BCUT2D eigenvalue weighted by Crippen LogP contribution is 2.33. The Morgan fingerprint density at radius 3 is 2.75 bits per heavy atom. The third kappa shape index (κ3) is 2.39. The standard InChI is InChI=1S/C16H16N2OS/c19-16(12-6-2-1-3-7-12)18-11-5-9-14(18)13-8-4-10-17-15(13)20/h1-4,6-8,10,14H,5,9,11H2,(H,17,20)/t14-/m0/s1. The molecule has 3 nitrogen and oxygen atoms in total. The summed E-state index contributed by atoms with van der Waals surface area (Å²) in [6.07, 6.45) is 3.82. The summed E-state index contributed by atoms with van der Waals surface area (Å²) in [6, 6.07) is 13.5. The van der Waals surface area contributed by atoms with Crippen molar-refractivity contribution in [2.24, 2.45) is 0 Å². The van der Waals surface area contributed by atoms with E-state index in [-0.39, 0.29) is 11.9 Å². The van der Waals surface area contributed by atoms with Crippen molar-refractivity contribution in [3.8, 4) is 0 Å². The molecule has 0 radical (unpaired) electrons. The number of aromatic amines is 1. The second kappa shape index (κ2) is 5.59. The number of rotatable bonds is 2. The van der Waals surface area contributed by atoms with E-state index in [1.807, 2.05) is 53.6 Å². The normalized spacial score (nSPS) is 18.2. The zero-order chi connectivity index (χ0) is 13.9. The molecule has 3 rings (SSSR count). The highest BCUT2D eigenvalue weighted by molar-refractivity contribution is 7.71. The minimum atomic E-state index is 0.0892. The maximum atomic E-state index is 12.6. The number of carbonyl (C=O) groups is 1. The molecule has 1 aliphatic rings. The highest BCUT2D eigenvalue weighted by Gasteiger charge is 2.31. The average Bonchev–Trinajstić information content (AvgIpc) is 2.97. The molecular weight excluding hydrogens is 268 g/mol. The summed E-state index contributed by atoms with van der Waals surface area (Å²) >= 11 is 5.35. The number of H-pyrrole nitrogens is 1. The van der Waals surface area contributed by atoms with E-state index in [1.54, 1.807) is 0 Å². The first kappa shape index (κ1) is 13.1. The van der Waals surface area contributed by atoms with Crippen LogP contribution >= 0.6 is 12.2 Å². The van der Waals surface area contributed by atoms with Crippen LogP contribution in [0.25, 0.3) is 0 Å². The smallest absolute Gasteiger partial charge is 0.254 e. The van der Waals surface area contributed by atoms with Crippen LogP contribution in [0.2, 0.25) is 0 Å². The predicted molar refractivity (Wildman–Crippen MR) is 81.1 cm³/mol. The van der Waals surface area contributed by atoms with Crippen molar-refractivity contribution in [2.75, 3.05) is 6.54 Å². The molecule has 0 spiro atoms. The number of aromatic nitrogens is 1. The van der Waals surface area contributed by atoms with E-state index in [0.717, 1.165) is 35.2 Å². The van der Waals surface area contributed by atoms with Gasteiger partial charge in [-0.1, -0.05) is 36.5 Å². The van der Waals surface area contributed by atoms with Crippen LogP contribution in [0.1, 0.15) is 34.8 Å². The largest absolute Gasteiger partial charge is 0.353 e. The molecule has 0 unspecified atom stereocenters. The van der Waals surface area contributed by atoms with E-state index in [1.165, 1.54) is 0 Å². The maximum absolute atomic E-state index is 12.6. The number of pyridine rings is 1. The second-order valence-corrected chi connectivity index (χ2v) is 5.39. The first-order valence-corrected chi connectivity index (χ1v) is 7.22. The number of nitrogens with zero attached hydrogens (tertiary/aromatic N) is 1. The summed E-state index contributed by atoms with van der Waals surface area (Å²) in [5.41, 5.74) is 1.79. The summed E-state index contributed by atoms with van der Waals surface area (Å²) < 4.78 is 0.727. The van der Waals surface area contributed by atoms with Crippen LogP contribution in [-0.2, 0) is 0 Å². The molecule has 4 heteroatoms.